The fourth-order valence-electron chi connectivity index (χ4n) is 3.96. The molecule has 0 amide bonds. The maximum absolute atomic E-state index is 6.03. The third-order valence-corrected chi connectivity index (χ3v) is 6.92. The zero-order chi connectivity index (χ0) is 18.8. The van der Waals surface area contributed by atoms with Gasteiger partial charge in [0.2, 0.25) is 0 Å². The van der Waals surface area contributed by atoms with Gasteiger partial charge in [-0.1, -0.05) is 103 Å². The van der Waals surface area contributed by atoms with Crippen LogP contribution in [0.4, 0.5) is 0 Å². The summed E-state index contributed by atoms with van der Waals surface area (Å²) < 4.78 is 11.9. The van der Waals surface area contributed by atoms with Crippen LogP contribution >= 0.6 is 0 Å². The Morgan fingerprint density at radius 3 is 1.58 bits per heavy atom. The lowest BCUT2D eigenvalue weighted by Crippen LogP contribution is -2.39. The molecule has 3 heteroatoms. The van der Waals surface area contributed by atoms with E-state index in [1.54, 1.807) is 0 Å². The number of hydrogen-bond donors (Lipinski definition) is 0. The van der Waals surface area contributed by atoms with Crippen LogP contribution in [0.2, 0.25) is 0 Å². The van der Waals surface area contributed by atoms with E-state index in [4.69, 9.17) is 9.47 Å². The molecule has 0 aliphatic carbocycles. The van der Waals surface area contributed by atoms with Crippen LogP contribution < -0.4 is 0 Å². The number of ether oxygens (including phenoxy) is 2. The fraction of sp³-hybridized carbons (Fsp3) is 1.00. The predicted octanol–water partition coefficient (Wildman–Crippen LogP) is 6.48. The maximum atomic E-state index is 6.03. The first-order chi connectivity index (χ1) is 12.8. The molecular formula is C23H48O2Si. The van der Waals surface area contributed by atoms with Crippen LogP contribution in [0.15, 0.2) is 0 Å². The van der Waals surface area contributed by atoms with Gasteiger partial charge in [-0.15, -0.1) is 0 Å². The van der Waals surface area contributed by atoms with E-state index in [-0.39, 0.29) is 5.41 Å². The van der Waals surface area contributed by atoms with Gasteiger partial charge in [0.1, 0.15) is 5.41 Å². The van der Waals surface area contributed by atoms with Crippen molar-refractivity contribution < 1.29 is 9.47 Å². The topological polar surface area (TPSA) is 18.5 Å². The van der Waals surface area contributed by atoms with E-state index >= 15 is 0 Å². The highest BCUT2D eigenvalue weighted by Crippen LogP contribution is 2.23. The van der Waals surface area contributed by atoms with Gasteiger partial charge in [0.25, 0.3) is 0 Å². The summed E-state index contributed by atoms with van der Waals surface area (Å²) in [5.41, 5.74) is -0.145. The lowest BCUT2D eigenvalue weighted by Gasteiger charge is -2.34. The highest BCUT2D eigenvalue weighted by Gasteiger charge is 2.27. The summed E-state index contributed by atoms with van der Waals surface area (Å²) in [4.78, 5) is 0. The van der Waals surface area contributed by atoms with Crippen molar-refractivity contribution in [3.05, 3.63) is 0 Å². The van der Waals surface area contributed by atoms with Crippen LogP contribution in [0, 0.1) is 0 Å². The fourth-order valence-corrected chi connectivity index (χ4v) is 4.72. The first kappa shape index (κ1) is 24.2. The Hall–Kier alpha value is 0.137. The first-order valence-corrected chi connectivity index (χ1v) is 13.0. The zero-order valence-corrected chi connectivity index (χ0v) is 20.2. The van der Waals surface area contributed by atoms with Crippen molar-refractivity contribution in [2.75, 3.05) is 13.2 Å². The average molecular weight is 385 g/mol. The van der Waals surface area contributed by atoms with E-state index in [2.05, 4.69) is 6.92 Å². The highest BCUT2D eigenvalue weighted by molar-refractivity contribution is 6.13. The average Bonchev–Trinajstić information content (AvgIpc) is 2.65. The standard InChI is InChI=1S/C23H48O2Si/c1-2-3-4-5-6-7-8-9-10-11-12-13-14-15-16-18-21-24-23(26)20-17-19-22-25-23/h2-22H2,1,26H3. The number of hydrogen-bond acceptors (Lipinski definition) is 2. The van der Waals surface area contributed by atoms with E-state index < -0.39 is 0 Å². The van der Waals surface area contributed by atoms with Crippen LogP contribution in [-0.2, 0) is 9.47 Å². The molecule has 1 fully saturated rings. The molecule has 0 aromatic heterocycles. The van der Waals surface area contributed by atoms with Crippen LogP contribution in [0.5, 0.6) is 0 Å². The molecule has 1 aliphatic heterocycles. The second kappa shape index (κ2) is 17.2. The first-order valence-electron chi connectivity index (χ1n) is 12.0. The molecule has 26 heavy (non-hydrogen) atoms. The van der Waals surface area contributed by atoms with Crippen LogP contribution in [0.1, 0.15) is 129 Å². The minimum Gasteiger partial charge on any atom is -0.355 e. The smallest absolute Gasteiger partial charge is 0.141 e. The minimum absolute atomic E-state index is 0.145. The highest BCUT2D eigenvalue weighted by atomic mass is 28.1. The zero-order valence-electron chi connectivity index (χ0n) is 18.2. The summed E-state index contributed by atoms with van der Waals surface area (Å²) in [6.45, 7) is 4.11. The van der Waals surface area contributed by atoms with Crippen LogP contribution in [-0.4, -0.2) is 28.9 Å². The quantitative estimate of drug-likeness (QED) is 0.199. The number of unbranched alkanes of at least 4 members (excludes halogenated alkanes) is 15. The van der Waals surface area contributed by atoms with Crippen molar-refractivity contribution in [3.63, 3.8) is 0 Å². The van der Waals surface area contributed by atoms with Gasteiger partial charge in [0, 0.05) is 13.2 Å². The molecule has 0 saturated carbocycles. The summed E-state index contributed by atoms with van der Waals surface area (Å²) in [7, 11) is 1.01. The largest absolute Gasteiger partial charge is 0.355 e. The number of rotatable bonds is 18. The second-order valence-corrected chi connectivity index (χ2v) is 10.1. The van der Waals surface area contributed by atoms with Crippen molar-refractivity contribution in [2.24, 2.45) is 0 Å². The van der Waals surface area contributed by atoms with Gasteiger partial charge >= 0.3 is 0 Å². The van der Waals surface area contributed by atoms with E-state index in [1.165, 1.54) is 116 Å². The molecule has 2 nitrogen and oxygen atoms in total. The molecule has 1 unspecified atom stereocenters. The van der Waals surface area contributed by atoms with Gasteiger partial charge in [0.05, 0.1) is 10.2 Å². The lowest BCUT2D eigenvalue weighted by atomic mass is 10.0. The summed E-state index contributed by atoms with van der Waals surface area (Å²) in [5, 5.41) is 0. The van der Waals surface area contributed by atoms with Gasteiger partial charge in [-0.05, 0) is 25.7 Å². The molecule has 0 radical (unpaired) electrons. The van der Waals surface area contributed by atoms with Crippen molar-refractivity contribution in [1.82, 2.24) is 0 Å². The van der Waals surface area contributed by atoms with Gasteiger partial charge in [0.15, 0.2) is 0 Å². The van der Waals surface area contributed by atoms with E-state index in [1.807, 2.05) is 0 Å². The summed E-state index contributed by atoms with van der Waals surface area (Å²) in [6.07, 6.45) is 26.4. The molecule has 0 spiro atoms. The molecule has 1 aliphatic rings. The molecule has 1 atom stereocenters. The Morgan fingerprint density at radius 1 is 0.692 bits per heavy atom. The Labute approximate surface area is 167 Å². The Balaban J connectivity index is 1.71. The molecular weight excluding hydrogens is 336 g/mol. The minimum atomic E-state index is -0.145. The van der Waals surface area contributed by atoms with E-state index in [9.17, 15) is 0 Å². The Morgan fingerprint density at radius 2 is 1.15 bits per heavy atom. The van der Waals surface area contributed by atoms with Crippen molar-refractivity contribution >= 4 is 10.2 Å². The normalized spacial score (nSPS) is 20.7. The predicted molar refractivity (Wildman–Crippen MR) is 118 cm³/mol. The molecule has 0 N–H and O–H groups in total. The monoisotopic (exact) mass is 384 g/mol. The van der Waals surface area contributed by atoms with Gasteiger partial charge in [-0.2, -0.15) is 0 Å². The lowest BCUT2D eigenvalue weighted by molar-refractivity contribution is -0.198. The molecule has 0 aromatic rings. The van der Waals surface area contributed by atoms with Crippen LogP contribution in [0.25, 0.3) is 0 Å². The summed E-state index contributed by atoms with van der Waals surface area (Å²) >= 11 is 0. The van der Waals surface area contributed by atoms with Gasteiger partial charge in [-0.3, -0.25) is 0 Å². The van der Waals surface area contributed by atoms with Crippen molar-refractivity contribution in [3.8, 4) is 0 Å². The maximum Gasteiger partial charge on any atom is 0.141 e. The molecule has 1 rings (SSSR count). The summed E-state index contributed by atoms with van der Waals surface area (Å²) in [5.74, 6) is 0. The van der Waals surface area contributed by atoms with E-state index in [0.717, 1.165) is 29.9 Å². The summed E-state index contributed by atoms with van der Waals surface area (Å²) in [6, 6.07) is 0. The molecule has 0 aromatic carbocycles. The van der Waals surface area contributed by atoms with Crippen molar-refractivity contribution in [1.29, 1.82) is 0 Å². The Kier molecular flexibility index (Phi) is 16.0. The Bertz CT molecular complexity index is 290. The third-order valence-electron chi connectivity index (χ3n) is 5.84. The second-order valence-electron chi connectivity index (χ2n) is 8.59. The van der Waals surface area contributed by atoms with E-state index in [0.29, 0.717) is 0 Å². The van der Waals surface area contributed by atoms with Gasteiger partial charge < -0.3 is 9.47 Å². The molecule has 0 bridgehead atoms. The van der Waals surface area contributed by atoms with Crippen LogP contribution in [0.3, 0.4) is 0 Å². The molecule has 1 heterocycles. The third kappa shape index (κ3) is 14.2. The molecule has 156 valence electrons. The SMILES string of the molecule is CCCCCCCCCCCCCCCCCCOC1([SiH3])CCCCO1. The van der Waals surface area contributed by atoms with Gasteiger partial charge in [-0.25, -0.2) is 0 Å². The molecule has 1 saturated heterocycles. The van der Waals surface area contributed by atoms with Crippen molar-refractivity contribution in [2.45, 2.75) is 134 Å².